The summed E-state index contributed by atoms with van der Waals surface area (Å²) < 4.78 is 4.77. The molecule has 0 radical (unpaired) electrons. The van der Waals surface area contributed by atoms with Gasteiger partial charge in [0.15, 0.2) is 0 Å². The summed E-state index contributed by atoms with van der Waals surface area (Å²) in [6, 6.07) is 0. The summed E-state index contributed by atoms with van der Waals surface area (Å²) in [6.45, 7) is 1.94. The van der Waals surface area contributed by atoms with Gasteiger partial charge >= 0.3 is 5.97 Å². The molecule has 0 unspecified atom stereocenters. The molecule has 0 fully saturated rings. The van der Waals surface area contributed by atoms with E-state index in [-0.39, 0.29) is 0 Å². The number of carboxylic acid groups (broad SMARTS) is 1. The molecule has 0 aliphatic heterocycles. The molecule has 0 saturated heterocycles. The van der Waals surface area contributed by atoms with E-state index in [1.807, 2.05) is 0 Å². The van der Waals surface area contributed by atoms with Crippen molar-refractivity contribution in [3.63, 3.8) is 0 Å². The van der Waals surface area contributed by atoms with Crippen molar-refractivity contribution < 1.29 is 14.6 Å². The van der Waals surface area contributed by atoms with Crippen LogP contribution in [0.5, 0.6) is 0 Å². The third kappa shape index (κ3) is 9.13. The summed E-state index contributed by atoms with van der Waals surface area (Å²) in [5.74, 6) is -0.918. The Bertz CT molecular complexity index is 134. The maximum atomic E-state index is 9.95. The van der Waals surface area contributed by atoms with Crippen LogP contribution in [0.3, 0.4) is 0 Å². The first-order chi connectivity index (χ1) is 5.27. The second kappa shape index (κ2) is 7.24. The van der Waals surface area contributed by atoms with E-state index in [1.54, 1.807) is 13.2 Å². The van der Waals surface area contributed by atoms with Crippen LogP contribution in [0.15, 0.2) is 12.2 Å². The highest BCUT2D eigenvalue weighted by Gasteiger charge is 1.84. The molecular formula is C7H13NO3. The second-order valence-electron chi connectivity index (χ2n) is 1.94. The van der Waals surface area contributed by atoms with Crippen LogP contribution in [-0.4, -0.2) is 37.9 Å². The number of hydrogen-bond donors (Lipinski definition) is 2. The van der Waals surface area contributed by atoms with E-state index in [1.165, 1.54) is 0 Å². The molecule has 0 spiro atoms. The highest BCUT2D eigenvalue weighted by Crippen LogP contribution is 1.71. The zero-order chi connectivity index (χ0) is 8.53. The van der Waals surface area contributed by atoms with E-state index in [4.69, 9.17) is 9.84 Å². The summed E-state index contributed by atoms with van der Waals surface area (Å²) in [5, 5.41) is 11.1. The fourth-order valence-corrected chi connectivity index (χ4v) is 0.519. The number of methoxy groups -OCH3 is 1. The summed E-state index contributed by atoms with van der Waals surface area (Å²) in [4.78, 5) is 9.95. The molecule has 2 N–H and O–H groups in total. The van der Waals surface area contributed by atoms with Crippen LogP contribution in [0.4, 0.5) is 0 Å². The molecule has 0 aromatic rings. The van der Waals surface area contributed by atoms with Gasteiger partial charge in [0.1, 0.15) is 0 Å². The highest BCUT2D eigenvalue weighted by molar-refractivity contribution is 5.79. The molecule has 0 amide bonds. The third-order valence-electron chi connectivity index (χ3n) is 1.01. The Morgan fingerprint density at radius 2 is 2.45 bits per heavy atom. The first-order valence-electron chi connectivity index (χ1n) is 3.36. The number of nitrogens with one attached hydrogen (secondary N) is 1. The van der Waals surface area contributed by atoms with Crippen molar-refractivity contribution in [3.8, 4) is 0 Å². The SMILES string of the molecule is COCCNCC=CC(=O)O. The monoisotopic (exact) mass is 159 g/mol. The summed E-state index contributed by atoms with van der Waals surface area (Å²) in [7, 11) is 1.62. The maximum absolute atomic E-state index is 9.95. The molecule has 0 rings (SSSR count). The van der Waals surface area contributed by atoms with E-state index in [2.05, 4.69) is 5.32 Å². The van der Waals surface area contributed by atoms with Gasteiger partial charge < -0.3 is 15.2 Å². The lowest BCUT2D eigenvalue weighted by atomic mass is 10.5. The van der Waals surface area contributed by atoms with Crippen LogP contribution < -0.4 is 5.32 Å². The van der Waals surface area contributed by atoms with Crippen LogP contribution in [0.2, 0.25) is 0 Å². The zero-order valence-electron chi connectivity index (χ0n) is 6.54. The minimum Gasteiger partial charge on any atom is -0.478 e. The summed E-state index contributed by atoms with van der Waals surface area (Å²) >= 11 is 0. The summed E-state index contributed by atoms with van der Waals surface area (Å²) in [6.07, 6.45) is 2.66. The Kier molecular flexibility index (Phi) is 6.67. The van der Waals surface area contributed by atoms with E-state index in [9.17, 15) is 4.79 Å². The molecule has 0 saturated carbocycles. The standard InChI is InChI=1S/C7H13NO3/c1-11-6-5-8-4-2-3-7(9)10/h2-3,8H,4-6H2,1H3,(H,9,10). The fourth-order valence-electron chi connectivity index (χ4n) is 0.519. The first kappa shape index (κ1) is 10.1. The molecular weight excluding hydrogens is 146 g/mol. The molecule has 0 bridgehead atoms. The minimum absolute atomic E-state index is 0.565. The minimum atomic E-state index is -0.918. The Balaban J connectivity index is 3.07. The Labute approximate surface area is 65.9 Å². The van der Waals surface area contributed by atoms with E-state index in [0.717, 1.165) is 12.6 Å². The number of carbonyl (C=O) groups is 1. The van der Waals surface area contributed by atoms with Crippen LogP contribution in [0.25, 0.3) is 0 Å². The normalized spacial score (nSPS) is 10.6. The van der Waals surface area contributed by atoms with Crippen molar-refractivity contribution in [1.29, 1.82) is 0 Å². The van der Waals surface area contributed by atoms with Crippen molar-refractivity contribution in [3.05, 3.63) is 12.2 Å². The van der Waals surface area contributed by atoms with Crippen molar-refractivity contribution in [2.24, 2.45) is 0 Å². The Morgan fingerprint density at radius 3 is 3.00 bits per heavy atom. The number of carboxylic acids is 1. The van der Waals surface area contributed by atoms with Crippen LogP contribution in [-0.2, 0) is 9.53 Å². The quantitative estimate of drug-likeness (QED) is 0.418. The molecule has 0 heterocycles. The van der Waals surface area contributed by atoms with Gasteiger partial charge in [0.05, 0.1) is 6.61 Å². The Hall–Kier alpha value is -0.870. The van der Waals surface area contributed by atoms with E-state index < -0.39 is 5.97 Å². The van der Waals surface area contributed by atoms with Crippen LogP contribution >= 0.6 is 0 Å². The predicted octanol–water partition coefficient (Wildman–Crippen LogP) is -0.137. The average Bonchev–Trinajstić information content (AvgIpc) is 1.96. The topological polar surface area (TPSA) is 58.6 Å². The second-order valence-corrected chi connectivity index (χ2v) is 1.94. The number of hydrogen-bond acceptors (Lipinski definition) is 3. The smallest absolute Gasteiger partial charge is 0.328 e. The van der Waals surface area contributed by atoms with Gasteiger partial charge in [-0.25, -0.2) is 4.79 Å². The van der Waals surface area contributed by atoms with Gasteiger partial charge in [0.25, 0.3) is 0 Å². The van der Waals surface area contributed by atoms with Crippen molar-refractivity contribution in [1.82, 2.24) is 5.32 Å². The van der Waals surface area contributed by atoms with Crippen LogP contribution in [0.1, 0.15) is 0 Å². The molecule has 0 aliphatic rings. The van der Waals surface area contributed by atoms with Gasteiger partial charge in [-0.3, -0.25) is 0 Å². The highest BCUT2D eigenvalue weighted by atomic mass is 16.5. The van der Waals surface area contributed by atoms with Gasteiger partial charge in [0.2, 0.25) is 0 Å². The molecule has 0 aromatic carbocycles. The molecule has 11 heavy (non-hydrogen) atoms. The number of ether oxygens (including phenoxy) is 1. The average molecular weight is 159 g/mol. The lowest BCUT2D eigenvalue weighted by Gasteiger charge is -1.97. The Morgan fingerprint density at radius 1 is 1.73 bits per heavy atom. The van der Waals surface area contributed by atoms with Crippen molar-refractivity contribution in [2.45, 2.75) is 0 Å². The molecule has 64 valence electrons. The molecule has 0 atom stereocenters. The lowest BCUT2D eigenvalue weighted by molar-refractivity contribution is -0.131. The van der Waals surface area contributed by atoms with Gasteiger partial charge in [-0.1, -0.05) is 6.08 Å². The van der Waals surface area contributed by atoms with E-state index in [0.29, 0.717) is 13.2 Å². The predicted molar refractivity (Wildman–Crippen MR) is 41.5 cm³/mol. The number of rotatable bonds is 6. The van der Waals surface area contributed by atoms with Gasteiger partial charge in [-0.15, -0.1) is 0 Å². The molecule has 0 aromatic heterocycles. The maximum Gasteiger partial charge on any atom is 0.328 e. The molecule has 0 aliphatic carbocycles. The summed E-state index contributed by atoms with van der Waals surface area (Å²) in [5.41, 5.74) is 0. The van der Waals surface area contributed by atoms with E-state index >= 15 is 0 Å². The third-order valence-corrected chi connectivity index (χ3v) is 1.01. The first-order valence-corrected chi connectivity index (χ1v) is 3.36. The lowest BCUT2D eigenvalue weighted by Crippen LogP contribution is -2.18. The zero-order valence-corrected chi connectivity index (χ0v) is 6.54. The molecule has 4 heteroatoms. The van der Waals surface area contributed by atoms with Crippen LogP contribution in [0, 0.1) is 0 Å². The van der Waals surface area contributed by atoms with Gasteiger partial charge in [-0.05, 0) is 0 Å². The van der Waals surface area contributed by atoms with Crippen molar-refractivity contribution >= 4 is 5.97 Å². The van der Waals surface area contributed by atoms with Gasteiger partial charge in [-0.2, -0.15) is 0 Å². The number of aliphatic carboxylic acids is 1. The molecule has 4 nitrogen and oxygen atoms in total. The largest absolute Gasteiger partial charge is 0.478 e. The van der Waals surface area contributed by atoms with Gasteiger partial charge in [0, 0.05) is 26.3 Å². The fraction of sp³-hybridized carbons (Fsp3) is 0.571. The van der Waals surface area contributed by atoms with Crippen molar-refractivity contribution in [2.75, 3.05) is 26.8 Å².